The predicted molar refractivity (Wildman–Crippen MR) is 86.7 cm³/mol. The van der Waals surface area contributed by atoms with E-state index in [0.717, 1.165) is 11.1 Å². The van der Waals surface area contributed by atoms with Crippen LogP contribution in [-0.4, -0.2) is 21.4 Å². The Bertz CT molecular complexity index is 814. The van der Waals surface area contributed by atoms with Gasteiger partial charge in [0.15, 0.2) is 0 Å². The molecule has 1 amide bonds. The molecular weight excluding hydrogens is 316 g/mol. The van der Waals surface area contributed by atoms with Gasteiger partial charge in [-0.3, -0.25) is 4.79 Å². The van der Waals surface area contributed by atoms with Crippen LogP contribution in [0.2, 0.25) is 0 Å². The first-order chi connectivity index (χ1) is 10.8. The zero-order chi connectivity index (χ0) is 17.0. The van der Waals surface area contributed by atoms with Crippen molar-refractivity contribution in [2.24, 2.45) is 5.14 Å². The molecular formula is C16H18N2O4S. The maximum Gasteiger partial charge on any atom is 0.255 e. The summed E-state index contributed by atoms with van der Waals surface area (Å²) in [5.74, 6) is 0.252. The summed E-state index contributed by atoms with van der Waals surface area (Å²) in [5.41, 5.74) is 2.06. The molecule has 122 valence electrons. The first kappa shape index (κ1) is 17.0. The van der Waals surface area contributed by atoms with Crippen molar-refractivity contribution in [3.8, 4) is 5.75 Å². The molecule has 0 aliphatic rings. The zero-order valence-corrected chi connectivity index (χ0v) is 13.7. The number of benzene rings is 2. The van der Waals surface area contributed by atoms with E-state index in [1.807, 2.05) is 19.1 Å². The molecule has 0 spiro atoms. The number of hydrogen-bond donors (Lipinski definition) is 2. The molecule has 2 rings (SSSR count). The lowest BCUT2D eigenvalue weighted by atomic mass is 10.1. The first-order valence-corrected chi connectivity index (χ1v) is 8.41. The summed E-state index contributed by atoms with van der Waals surface area (Å²) in [6, 6.07) is 11.4. The lowest BCUT2D eigenvalue weighted by Gasteiger charge is -2.12. The Labute approximate surface area is 135 Å². The highest BCUT2D eigenvalue weighted by atomic mass is 32.2. The number of aryl methyl sites for hydroxylation is 1. The van der Waals surface area contributed by atoms with Crippen LogP contribution in [0.4, 0.5) is 0 Å². The molecule has 6 nitrogen and oxygen atoms in total. The Morgan fingerprint density at radius 3 is 2.39 bits per heavy atom. The number of carbonyl (C=O) groups is 1. The van der Waals surface area contributed by atoms with E-state index in [9.17, 15) is 13.2 Å². The van der Waals surface area contributed by atoms with E-state index in [0.29, 0.717) is 11.3 Å². The fourth-order valence-electron chi connectivity index (χ4n) is 2.17. The Hall–Kier alpha value is -2.38. The third-order valence-electron chi connectivity index (χ3n) is 3.39. The number of nitrogens with one attached hydrogen (secondary N) is 1. The quantitative estimate of drug-likeness (QED) is 0.867. The fourth-order valence-corrected chi connectivity index (χ4v) is 2.69. The molecule has 0 radical (unpaired) electrons. The number of carbonyl (C=O) groups excluding carboxylic acids is 1. The van der Waals surface area contributed by atoms with Crippen LogP contribution >= 0.6 is 0 Å². The second-order valence-electron chi connectivity index (χ2n) is 5.02. The second-order valence-corrected chi connectivity index (χ2v) is 6.59. The highest BCUT2D eigenvalue weighted by molar-refractivity contribution is 7.89. The normalized spacial score (nSPS) is 11.1. The van der Waals surface area contributed by atoms with Crippen molar-refractivity contribution in [3.05, 3.63) is 59.2 Å². The van der Waals surface area contributed by atoms with Crippen LogP contribution in [0.5, 0.6) is 5.75 Å². The molecule has 2 aromatic carbocycles. The summed E-state index contributed by atoms with van der Waals surface area (Å²) in [7, 11) is -2.20. The minimum atomic E-state index is -3.71. The monoisotopic (exact) mass is 334 g/mol. The van der Waals surface area contributed by atoms with Gasteiger partial charge in [-0.1, -0.05) is 24.3 Å². The summed E-state index contributed by atoms with van der Waals surface area (Å²) >= 11 is 0. The van der Waals surface area contributed by atoms with Crippen LogP contribution < -0.4 is 15.2 Å². The number of amides is 1. The van der Waals surface area contributed by atoms with Crippen LogP contribution in [-0.2, 0) is 16.6 Å². The van der Waals surface area contributed by atoms with Crippen molar-refractivity contribution in [2.75, 3.05) is 7.11 Å². The van der Waals surface area contributed by atoms with Crippen molar-refractivity contribution in [2.45, 2.75) is 18.4 Å². The Balaban J connectivity index is 2.11. The van der Waals surface area contributed by atoms with Crippen molar-refractivity contribution in [1.82, 2.24) is 5.32 Å². The van der Waals surface area contributed by atoms with Crippen molar-refractivity contribution in [1.29, 1.82) is 0 Å². The summed E-state index contributed by atoms with van der Waals surface area (Å²) in [5, 5.41) is 7.83. The molecule has 0 fully saturated rings. The molecule has 0 atom stereocenters. The second kappa shape index (κ2) is 6.80. The lowest BCUT2D eigenvalue weighted by Crippen LogP contribution is -2.24. The lowest BCUT2D eigenvalue weighted by molar-refractivity contribution is 0.0947. The number of primary sulfonamides is 1. The van der Waals surface area contributed by atoms with E-state index in [1.54, 1.807) is 18.2 Å². The average Bonchev–Trinajstić information content (AvgIpc) is 2.51. The largest absolute Gasteiger partial charge is 0.496 e. The number of ether oxygens (including phenoxy) is 1. The van der Waals surface area contributed by atoms with E-state index in [-0.39, 0.29) is 17.3 Å². The molecule has 0 bridgehead atoms. The number of nitrogens with two attached hydrogens (primary N) is 1. The van der Waals surface area contributed by atoms with Gasteiger partial charge in [-0.25, -0.2) is 13.6 Å². The molecule has 0 saturated heterocycles. The van der Waals surface area contributed by atoms with Crippen LogP contribution in [0, 0.1) is 6.92 Å². The van der Waals surface area contributed by atoms with Crippen LogP contribution in [0.25, 0.3) is 0 Å². The van der Waals surface area contributed by atoms with E-state index in [4.69, 9.17) is 9.88 Å². The maximum absolute atomic E-state index is 12.3. The van der Waals surface area contributed by atoms with E-state index >= 15 is 0 Å². The molecule has 7 heteroatoms. The molecule has 0 aromatic heterocycles. The number of sulfonamides is 1. The van der Waals surface area contributed by atoms with Gasteiger partial charge < -0.3 is 10.1 Å². The Morgan fingerprint density at radius 1 is 1.17 bits per heavy atom. The Kier molecular flexibility index (Phi) is 5.02. The van der Waals surface area contributed by atoms with Crippen molar-refractivity contribution in [3.63, 3.8) is 0 Å². The first-order valence-electron chi connectivity index (χ1n) is 6.86. The van der Waals surface area contributed by atoms with Gasteiger partial charge in [0.2, 0.25) is 10.0 Å². The average molecular weight is 334 g/mol. The minimum absolute atomic E-state index is 0.0353. The third kappa shape index (κ3) is 4.08. The van der Waals surface area contributed by atoms with E-state index in [2.05, 4.69) is 5.32 Å². The summed E-state index contributed by atoms with van der Waals surface area (Å²) in [4.78, 5) is 12.4. The highest BCUT2D eigenvalue weighted by Gasteiger charge is 2.14. The molecule has 2 aromatic rings. The molecule has 23 heavy (non-hydrogen) atoms. The SMILES string of the molecule is COc1cccc(C)c1C(=O)NCc1ccc(S(N)(=O)=O)cc1. The predicted octanol–water partition coefficient (Wildman–Crippen LogP) is 1.58. The van der Waals surface area contributed by atoms with Crippen LogP contribution in [0.15, 0.2) is 47.4 Å². The van der Waals surface area contributed by atoms with Gasteiger partial charge in [0.25, 0.3) is 5.91 Å². The zero-order valence-electron chi connectivity index (χ0n) is 12.9. The maximum atomic E-state index is 12.3. The van der Waals surface area contributed by atoms with Gasteiger partial charge in [-0.2, -0.15) is 0 Å². The smallest absolute Gasteiger partial charge is 0.255 e. The number of hydrogen-bond acceptors (Lipinski definition) is 4. The number of rotatable bonds is 5. The summed E-state index contributed by atoms with van der Waals surface area (Å²) in [6.45, 7) is 2.10. The highest BCUT2D eigenvalue weighted by Crippen LogP contribution is 2.21. The summed E-state index contributed by atoms with van der Waals surface area (Å²) < 4.78 is 27.6. The summed E-state index contributed by atoms with van der Waals surface area (Å²) in [6.07, 6.45) is 0. The van der Waals surface area contributed by atoms with Gasteiger partial charge in [0.1, 0.15) is 5.75 Å². The van der Waals surface area contributed by atoms with E-state index < -0.39 is 10.0 Å². The van der Waals surface area contributed by atoms with Crippen LogP contribution in [0.3, 0.4) is 0 Å². The van der Waals surface area contributed by atoms with E-state index in [1.165, 1.54) is 19.2 Å². The third-order valence-corrected chi connectivity index (χ3v) is 4.32. The molecule has 3 N–H and O–H groups in total. The van der Waals surface area contributed by atoms with Gasteiger partial charge in [0, 0.05) is 6.54 Å². The van der Waals surface area contributed by atoms with Crippen molar-refractivity contribution >= 4 is 15.9 Å². The van der Waals surface area contributed by atoms with Crippen LogP contribution in [0.1, 0.15) is 21.5 Å². The molecule has 0 aliphatic heterocycles. The number of methoxy groups -OCH3 is 1. The molecule has 0 unspecified atom stereocenters. The molecule has 0 saturated carbocycles. The minimum Gasteiger partial charge on any atom is -0.496 e. The van der Waals surface area contributed by atoms with Gasteiger partial charge in [-0.15, -0.1) is 0 Å². The molecule has 0 heterocycles. The fraction of sp³-hybridized carbons (Fsp3) is 0.188. The van der Waals surface area contributed by atoms with Gasteiger partial charge in [-0.05, 0) is 36.2 Å². The Morgan fingerprint density at radius 2 is 1.83 bits per heavy atom. The molecule has 0 aliphatic carbocycles. The standard InChI is InChI=1S/C16H18N2O4S/c1-11-4-3-5-14(22-2)15(11)16(19)18-10-12-6-8-13(9-7-12)23(17,20)21/h3-9H,10H2,1-2H3,(H,18,19)(H2,17,20,21). The van der Waals surface area contributed by atoms with Crippen molar-refractivity contribution < 1.29 is 17.9 Å². The van der Waals surface area contributed by atoms with Gasteiger partial charge >= 0.3 is 0 Å². The van der Waals surface area contributed by atoms with Gasteiger partial charge in [0.05, 0.1) is 17.6 Å². The topological polar surface area (TPSA) is 98.5 Å².